The highest BCUT2D eigenvalue weighted by Gasteiger charge is 2.12. The minimum atomic E-state index is 0.448. The van der Waals surface area contributed by atoms with Gasteiger partial charge in [-0.3, -0.25) is 4.68 Å². The molecule has 0 aliphatic rings. The first kappa shape index (κ1) is 14.3. The molecule has 0 spiro atoms. The molecule has 3 nitrogen and oxygen atoms in total. The molecule has 0 bridgehead atoms. The molecule has 4 heteroatoms. The molecule has 0 saturated heterocycles. The maximum absolute atomic E-state index is 5.92. The molecule has 2 rings (SSSR count). The van der Waals surface area contributed by atoms with E-state index in [1.54, 1.807) is 0 Å². The van der Waals surface area contributed by atoms with Crippen molar-refractivity contribution in [2.24, 2.45) is 18.7 Å². The molecule has 1 heterocycles. The molecule has 2 N–H and O–H groups in total. The van der Waals surface area contributed by atoms with Crippen molar-refractivity contribution in [1.82, 2.24) is 9.78 Å². The third-order valence-corrected chi connectivity index (χ3v) is 3.84. The quantitative estimate of drug-likeness (QED) is 0.920. The number of rotatable bonds is 5. The minimum absolute atomic E-state index is 0.448. The van der Waals surface area contributed by atoms with Crippen molar-refractivity contribution < 1.29 is 0 Å². The number of aryl methyl sites for hydroxylation is 2. The van der Waals surface area contributed by atoms with Crippen molar-refractivity contribution in [3.05, 3.63) is 51.8 Å². The second-order valence-corrected chi connectivity index (χ2v) is 5.96. The van der Waals surface area contributed by atoms with Crippen LogP contribution in [0.4, 0.5) is 0 Å². The molecule has 0 fully saturated rings. The zero-order chi connectivity index (χ0) is 13.8. The van der Waals surface area contributed by atoms with E-state index in [4.69, 9.17) is 5.73 Å². The molecule has 1 atom stereocenters. The van der Waals surface area contributed by atoms with Gasteiger partial charge >= 0.3 is 0 Å². The van der Waals surface area contributed by atoms with Gasteiger partial charge in [0.15, 0.2) is 0 Å². The Morgan fingerprint density at radius 2 is 2.11 bits per heavy atom. The van der Waals surface area contributed by atoms with Gasteiger partial charge in [-0.1, -0.05) is 28.1 Å². The molecule has 0 radical (unpaired) electrons. The van der Waals surface area contributed by atoms with E-state index in [1.165, 1.54) is 11.3 Å². The Morgan fingerprint density at radius 1 is 1.32 bits per heavy atom. The van der Waals surface area contributed by atoms with Gasteiger partial charge in [0, 0.05) is 17.2 Å². The first-order valence-electron chi connectivity index (χ1n) is 6.52. The highest BCUT2D eigenvalue weighted by atomic mass is 79.9. The molecule has 0 aliphatic carbocycles. The Bertz CT molecular complexity index is 548. The van der Waals surface area contributed by atoms with Gasteiger partial charge in [-0.25, -0.2) is 0 Å². The van der Waals surface area contributed by atoms with Crippen molar-refractivity contribution in [2.45, 2.75) is 19.8 Å². The molecule has 1 aromatic heterocycles. The van der Waals surface area contributed by atoms with Crippen LogP contribution >= 0.6 is 15.9 Å². The summed E-state index contributed by atoms with van der Waals surface area (Å²) in [6.45, 7) is 2.71. The lowest BCUT2D eigenvalue weighted by atomic mass is 9.95. The van der Waals surface area contributed by atoms with Crippen LogP contribution in [0, 0.1) is 12.8 Å². The Balaban J connectivity index is 2.06. The van der Waals surface area contributed by atoms with Gasteiger partial charge in [0.1, 0.15) is 0 Å². The third-order valence-electron chi connectivity index (χ3n) is 3.34. The number of hydrogen-bond acceptors (Lipinski definition) is 2. The van der Waals surface area contributed by atoms with Crippen LogP contribution in [0.1, 0.15) is 17.0 Å². The van der Waals surface area contributed by atoms with E-state index in [9.17, 15) is 0 Å². The number of nitrogens with zero attached hydrogens (tertiary/aromatic N) is 2. The first-order chi connectivity index (χ1) is 9.08. The van der Waals surface area contributed by atoms with E-state index in [-0.39, 0.29) is 0 Å². The van der Waals surface area contributed by atoms with Crippen molar-refractivity contribution in [3.63, 3.8) is 0 Å². The van der Waals surface area contributed by atoms with E-state index >= 15 is 0 Å². The molecule has 0 saturated carbocycles. The fraction of sp³-hybridized carbons (Fsp3) is 0.400. The average Bonchev–Trinajstić information content (AvgIpc) is 2.67. The van der Waals surface area contributed by atoms with Crippen LogP contribution in [0.25, 0.3) is 0 Å². The second kappa shape index (κ2) is 6.35. The number of hydrogen-bond donors (Lipinski definition) is 1. The van der Waals surface area contributed by atoms with Gasteiger partial charge in [0.05, 0.1) is 5.69 Å². The summed E-state index contributed by atoms with van der Waals surface area (Å²) in [5, 5.41) is 4.39. The normalized spacial score (nSPS) is 12.6. The fourth-order valence-corrected chi connectivity index (χ4v) is 2.83. The Kier molecular flexibility index (Phi) is 4.77. The summed E-state index contributed by atoms with van der Waals surface area (Å²) in [7, 11) is 2.00. The summed E-state index contributed by atoms with van der Waals surface area (Å²) < 4.78 is 3.08. The van der Waals surface area contributed by atoms with Crippen LogP contribution in [-0.2, 0) is 19.9 Å². The first-order valence-corrected chi connectivity index (χ1v) is 7.32. The summed E-state index contributed by atoms with van der Waals surface area (Å²) in [6.07, 6.45) is 1.97. The summed E-state index contributed by atoms with van der Waals surface area (Å²) in [6, 6.07) is 10.6. The van der Waals surface area contributed by atoms with Crippen LogP contribution in [0.15, 0.2) is 34.8 Å². The zero-order valence-corrected chi connectivity index (χ0v) is 13.0. The fourth-order valence-electron chi connectivity index (χ4n) is 2.39. The minimum Gasteiger partial charge on any atom is -0.330 e. The summed E-state index contributed by atoms with van der Waals surface area (Å²) >= 11 is 3.51. The summed E-state index contributed by atoms with van der Waals surface area (Å²) in [4.78, 5) is 0. The predicted octanol–water partition coefficient (Wildman–Crippen LogP) is 2.85. The number of aromatic nitrogens is 2. The molecule has 1 unspecified atom stereocenters. The van der Waals surface area contributed by atoms with Gasteiger partial charge in [0.25, 0.3) is 0 Å². The smallest absolute Gasteiger partial charge is 0.0596 e. The molecular formula is C15H20BrN3. The van der Waals surface area contributed by atoms with Gasteiger partial charge < -0.3 is 5.73 Å². The third kappa shape index (κ3) is 3.91. The van der Waals surface area contributed by atoms with Crippen LogP contribution in [0.5, 0.6) is 0 Å². The second-order valence-electron chi connectivity index (χ2n) is 5.04. The van der Waals surface area contributed by atoms with E-state index in [0.29, 0.717) is 12.5 Å². The molecule has 102 valence electrons. The SMILES string of the molecule is Cc1cc(CC(CN)Cc2cccc(Br)c2)n(C)n1. The maximum Gasteiger partial charge on any atom is 0.0596 e. The molecule has 1 aromatic carbocycles. The lowest BCUT2D eigenvalue weighted by Crippen LogP contribution is -2.20. The standard InChI is InChI=1S/C15H20BrN3/c1-11-6-15(19(2)18-11)9-13(10-17)7-12-4-3-5-14(16)8-12/h3-6,8,13H,7,9-10,17H2,1-2H3. The zero-order valence-electron chi connectivity index (χ0n) is 11.4. The van der Waals surface area contributed by atoms with E-state index < -0.39 is 0 Å². The maximum atomic E-state index is 5.92. The summed E-state index contributed by atoms with van der Waals surface area (Å²) in [5.74, 6) is 0.448. The van der Waals surface area contributed by atoms with Crippen molar-refractivity contribution in [3.8, 4) is 0 Å². The Labute approximate surface area is 122 Å². The monoisotopic (exact) mass is 321 g/mol. The average molecular weight is 322 g/mol. The molecular weight excluding hydrogens is 302 g/mol. The Hall–Kier alpha value is -1.13. The Morgan fingerprint density at radius 3 is 2.68 bits per heavy atom. The largest absolute Gasteiger partial charge is 0.330 e. The van der Waals surface area contributed by atoms with Gasteiger partial charge in [-0.15, -0.1) is 0 Å². The highest BCUT2D eigenvalue weighted by Crippen LogP contribution is 2.17. The van der Waals surface area contributed by atoms with Crippen LogP contribution in [-0.4, -0.2) is 16.3 Å². The molecule has 2 aromatic rings. The molecule has 0 amide bonds. The topological polar surface area (TPSA) is 43.8 Å². The van der Waals surface area contributed by atoms with Crippen LogP contribution < -0.4 is 5.73 Å². The van der Waals surface area contributed by atoms with Crippen LogP contribution in [0.3, 0.4) is 0 Å². The van der Waals surface area contributed by atoms with Crippen LogP contribution in [0.2, 0.25) is 0 Å². The van der Waals surface area contributed by atoms with Gasteiger partial charge in [0.2, 0.25) is 0 Å². The van der Waals surface area contributed by atoms with E-state index in [1.807, 2.05) is 24.7 Å². The van der Waals surface area contributed by atoms with Crippen molar-refractivity contribution in [1.29, 1.82) is 0 Å². The van der Waals surface area contributed by atoms with Crippen molar-refractivity contribution >= 4 is 15.9 Å². The number of nitrogens with two attached hydrogens (primary N) is 1. The lowest BCUT2D eigenvalue weighted by molar-refractivity contribution is 0.510. The van der Waals surface area contributed by atoms with Crippen molar-refractivity contribution in [2.75, 3.05) is 6.54 Å². The predicted molar refractivity (Wildman–Crippen MR) is 82.0 cm³/mol. The number of benzene rings is 1. The summed E-state index contributed by atoms with van der Waals surface area (Å²) in [5.41, 5.74) is 9.56. The highest BCUT2D eigenvalue weighted by molar-refractivity contribution is 9.10. The molecule has 19 heavy (non-hydrogen) atoms. The lowest BCUT2D eigenvalue weighted by Gasteiger charge is -2.15. The number of halogens is 1. The van der Waals surface area contributed by atoms with Gasteiger partial charge in [-0.2, -0.15) is 5.10 Å². The van der Waals surface area contributed by atoms with E-state index in [0.717, 1.165) is 23.0 Å². The molecule has 0 aliphatic heterocycles. The van der Waals surface area contributed by atoms with Gasteiger partial charge in [-0.05, 0) is 56.0 Å². The van der Waals surface area contributed by atoms with E-state index in [2.05, 4.69) is 45.3 Å².